The summed E-state index contributed by atoms with van der Waals surface area (Å²) in [6, 6.07) is 8.46. The Hall–Kier alpha value is -1.65. The highest BCUT2D eigenvalue weighted by Gasteiger charge is 2.17. The second kappa shape index (κ2) is 5.28. The molecule has 2 heterocycles. The summed E-state index contributed by atoms with van der Waals surface area (Å²) in [7, 11) is 0. The van der Waals surface area contributed by atoms with E-state index in [0.29, 0.717) is 6.54 Å². The number of benzene rings is 1. The molecule has 110 valence electrons. The molecule has 0 spiro atoms. The summed E-state index contributed by atoms with van der Waals surface area (Å²) in [5.74, 6) is 0. The van der Waals surface area contributed by atoms with Gasteiger partial charge in [-0.3, -0.25) is 0 Å². The Labute approximate surface area is 129 Å². The van der Waals surface area contributed by atoms with E-state index in [1.54, 1.807) is 11.3 Å². The van der Waals surface area contributed by atoms with Gasteiger partial charge in [-0.05, 0) is 17.7 Å². The summed E-state index contributed by atoms with van der Waals surface area (Å²) >= 11 is 1.74. The van der Waals surface area contributed by atoms with Crippen molar-refractivity contribution in [2.45, 2.75) is 39.3 Å². The SMILES string of the molecule is CC(C)(C)c1csc(Cn2ccc3c(CN)cccc32)n1. The Morgan fingerprint density at radius 3 is 2.71 bits per heavy atom. The molecule has 0 unspecified atom stereocenters. The Balaban J connectivity index is 1.94. The van der Waals surface area contributed by atoms with E-state index in [4.69, 9.17) is 10.7 Å². The van der Waals surface area contributed by atoms with E-state index < -0.39 is 0 Å². The van der Waals surface area contributed by atoms with Crippen LogP contribution in [0.1, 0.15) is 37.0 Å². The average Bonchev–Trinajstić information content (AvgIpc) is 3.06. The van der Waals surface area contributed by atoms with E-state index in [-0.39, 0.29) is 5.41 Å². The van der Waals surface area contributed by atoms with Crippen LogP contribution in [0.2, 0.25) is 0 Å². The third-order valence-electron chi connectivity index (χ3n) is 3.75. The van der Waals surface area contributed by atoms with Gasteiger partial charge in [-0.15, -0.1) is 11.3 Å². The molecule has 0 fully saturated rings. The smallest absolute Gasteiger partial charge is 0.113 e. The maximum atomic E-state index is 5.81. The molecule has 1 aromatic carbocycles. The first-order valence-electron chi connectivity index (χ1n) is 7.21. The van der Waals surface area contributed by atoms with Gasteiger partial charge in [0.15, 0.2) is 0 Å². The summed E-state index contributed by atoms with van der Waals surface area (Å²) in [6.45, 7) is 7.99. The number of nitrogens with zero attached hydrogens (tertiary/aromatic N) is 2. The summed E-state index contributed by atoms with van der Waals surface area (Å²) in [4.78, 5) is 4.78. The van der Waals surface area contributed by atoms with Gasteiger partial charge >= 0.3 is 0 Å². The molecular weight excluding hydrogens is 278 g/mol. The van der Waals surface area contributed by atoms with Crippen LogP contribution in [0, 0.1) is 0 Å². The first-order chi connectivity index (χ1) is 9.99. The van der Waals surface area contributed by atoms with Crippen molar-refractivity contribution < 1.29 is 0 Å². The summed E-state index contributed by atoms with van der Waals surface area (Å²) in [6.07, 6.45) is 2.13. The molecule has 0 radical (unpaired) electrons. The van der Waals surface area contributed by atoms with Crippen molar-refractivity contribution in [3.63, 3.8) is 0 Å². The third kappa shape index (κ3) is 2.74. The van der Waals surface area contributed by atoms with Gasteiger partial charge in [-0.25, -0.2) is 4.98 Å². The summed E-state index contributed by atoms with van der Waals surface area (Å²) < 4.78 is 2.25. The van der Waals surface area contributed by atoms with Gasteiger partial charge in [-0.1, -0.05) is 32.9 Å². The highest BCUT2D eigenvalue weighted by molar-refractivity contribution is 7.09. The number of hydrogen-bond acceptors (Lipinski definition) is 3. The van der Waals surface area contributed by atoms with Gasteiger partial charge in [-0.2, -0.15) is 0 Å². The quantitative estimate of drug-likeness (QED) is 0.797. The number of thiazole rings is 1. The van der Waals surface area contributed by atoms with Crippen molar-refractivity contribution in [1.29, 1.82) is 0 Å². The molecule has 0 bridgehead atoms. The standard InChI is InChI=1S/C17H21N3S/c1-17(2,3)15-11-21-16(19-15)10-20-8-7-13-12(9-18)5-4-6-14(13)20/h4-8,11H,9-10,18H2,1-3H3. The number of nitrogens with two attached hydrogens (primary N) is 1. The maximum Gasteiger partial charge on any atom is 0.113 e. The zero-order chi connectivity index (χ0) is 15.0. The zero-order valence-electron chi connectivity index (χ0n) is 12.8. The Morgan fingerprint density at radius 1 is 1.24 bits per heavy atom. The molecule has 2 aromatic heterocycles. The largest absolute Gasteiger partial charge is 0.341 e. The van der Waals surface area contributed by atoms with Gasteiger partial charge in [0.25, 0.3) is 0 Å². The average molecular weight is 299 g/mol. The van der Waals surface area contributed by atoms with E-state index in [0.717, 1.165) is 11.6 Å². The van der Waals surface area contributed by atoms with Gasteiger partial charge in [0, 0.05) is 34.4 Å². The Bertz CT molecular complexity index is 762. The normalized spacial score (nSPS) is 12.2. The highest BCUT2D eigenvalue weighted by atomic mass is 32.1. The molecule has 0 saturated carbocycles. The predicted octanol–water partition coefficient (Wildman–Crippen LogP) is 3.90. The molecule has 0 amide bonds. The fourth-order valence-corrected chi connectivity index (χ4v) is 3.50. The topological polar surface area (TPSA) is 43.8 Å². The van der Waals surface area contributed by atoms with E-state index in [1.165, 1.54) is 22.2 Å². The fourth-order valence-electron chi connectivity index (χ4n) is 2.48. The van der Waals surface area contributed by atoms with Crippen LogP contribution >= 0.6 is 11.3 Å². The van der Waals surface area contributed by atoms with Gasteiger partial charge < -0.3 is 10.3 Å². The predicted molar refractivity (Wildman–Crippen MR) is 89.7 cm³/mol. The fraction of sp³-hybridized carbons (Fsp3) is 0.353. The molecule has 3 rings (SSSR count). The van der Waals surface area contributed by atoms with Crippen LogP contribution in [-0.2, 0) is 18.5 Å². The molecule has 2 N–H and O–H groups in total. The molecule has 4 heteroatoms. The lowest BCUT2D eigenvalue weighted by molar-refractivity contribution is 0.570. The second-order valence-corrected chi connectivity index (χ2v) is 7.32. The van der Waals surface area contributed by atoms with Crippen molar-refractivity contribution in [3.05, 3.63) is 52.1 Å². The van der Waals surface area contributed by atoms with Crippen LogP contribution in [-0.4, -0.2) is 9.55 Å². The molecular formula is C17H21N3S. The number of hydrogen-bond donors (Lipinski definition) is 1. The third-order valence-corrected chi connectivity index (χ3v) is 4.58. The minimum atomic E-state index is 0.111. The maximum absolute atomic E-state index is 5.81. The lowest BCUT2D eigenvalue weighted by Gasteiger charge is -2.14. The lowest BCUT2D eigenvalue weighted by atomic mass is 9.93. The van der Waals surface area contributed by atoms with Gasteiger partial charge in [0.1, 0.15) is 5.01 Å². The first kappa shape index (κ1) is 14.3. The first-order valence-corrected chi connectivity index (χ1v) is 8.08. The minimum Gasteiger partial charge on any atom is -0.341 e. The highest BCUT2D eigenvalue weighted by Crippen LogP contribution is 2.26. The molecule has 0 aliphatic rings. The van der Waals surface area contributed by atoms with E-state index in [9.17, 15) is 0 Å². The van der Waals surface area contributed by atoms with Crippen molar-refractivity contribution >= 4 is 22.2 Å². The van der Waals surface area contributed by atoms with Crippen molar-refractivity contribution in [2.75, 3.05) is 0 Å². The van der Waals surface area contributed by atoms with Crippen LogP contribution < -0.4 is 5.73 Å². The number of rotatable bonds is 3. The molecule has 0 saturated heterocycles. The molecule has 0 aliphatic carbocycles. The lowest BCUT2D eigenvalue weighted by Crippen LogP contribution is -2.11. The second-order valence-electron chi connectivity index (χ2n) is 6.37. The molecule has 3 nitrogen and oxygen atoms in total. The molecule has 0 atom stereocenters. The van der Waals surface area contributed by atoms with E-state index in [2.05, 4.69) is 61.2 Å². The zero-order valence-corrected chi connectivity index (χ0v) is 13.6. The van der Waals surface area contributed by atoms with E-state index in [1.807, 2.05) is 0 Å². The van der Waals surface area contributed by atoms with Crippen LogP contribution in [0.4, 0.5) is 0 Å². The van der Waals surface area contributed by atoms with Crippen molar-refractivity contribution in [2.24, 2.45) is 5.73 Å². The number of aromatic nitrogens is 2. The molecule has 21 heavy (non-hydrogen) atoms. The summed E-state index contributed by atoms with van der Waals surface area (Å²) in [5, 5.41) is 4.56. The van der Waals surface area contributed by atoms with Crippen molar-refractivity contribution in [1.82, 2.24) is 9.55 Å². The number of fused-ring (bicyclic) bond motifs is 1. The van der Waals surface area contributed by atoms with Gasteiger partial charge in [0.2, 0.25) is 0 Å². The molecule has 0 aliphatic heterocycles. The van der Waals surface area contributed by atoms with Crippen LogP contribution in [0.3, 0.4) is 0 Å². The minimum absolute atomic E-state index is 0.111. The van der Waals surface area contributed by atoms with Gasteiger partial charge in [0.05, 0.1) is 12.2 Å². The Morgan fingerprint density at radius 2 is 2.05 bits per heavy atom. The Kier molecular flexibility index (Phi) is 3.59. The van der Waals surface area contributed by atoms with E-state index >= 15 is 0 Å². The van der Waals surface area contributed by atoms with Crippen LogP contribution in [0.15, 0.2) is 35.8 Å². The monoisotopic (exact) mass is 299 g/mol. The molecule has 3 aromatic rings. The van der Waals surface area contributed by atoms with Crippen LogP contribution in [0.5, 0.6) is 0 Å². The van der Waals surface area contributed by atoms with Crippen LogP contribution in [0.25, 0.3) is 10.9 Å². The van der Waals surface area contributed by atoms with Crippen molar-refractivity contribution in [3.8, 4) is 0 Å². The summed E-state index contributed by atoms with van der Waals surface area (Å²) in [5.41, 5.74) is 9.51.